The maximum atomic E-state index is 13.2. The van der Waals surface area contributed by atoms with E-state index in [2.05, 4.69) is 19.8 Å². The Hall–Kier alpha value is -3.58. The van der Waals surface area contributed by atoms with Gasteiger partial charge in [0.25, 0.3) is 0 Å². The quantitative estimate of drug-likeness (QED) is 0.392. The van der Waals surface area contributed by atoms with Gasteiger partial charge in [-0.25, -0.2) is 0 Å². The van der Waals surface area contributed by atoms with Crippen LogP contribution in [0.25, 0.3) is 22.4 Å². The molecular weight excluding hydrogens is 434 g/mol. The van der Waals surface area contributed by atoms with Gasteiger partial charge in [0.05, 0.1) is 23.0 Å². The summed E-state index contributed by atoms with van der Waals surface area (Å²) in [5.41, 5.74) is 5.96. The minimum Gasteiger partial charge on any atom is -0.487 e. The molecule has 0 amide bonds. The van der Waals surface area contributed by atoms with Crippen molar-refractivity contribution in [3.63, 3.8) is 0 Å². The number of fused-ring (bicyclic) bond motifs is 1. The zero-order chi connectivity index (χ0) is 23.2. The molecule has 0 saturated carbocycles. The zero-order valence-corrected chi connectivity index (χ0v) is 19.7. The van der Waals surface area contributed by atoms with Gasteiger partial charge in [0.1, 0.15) is 29.1 Å². The summed E-state index contributed by atoms with van der Waals surface area (Å²) in [5, 5.41) is 0. The lowest BCUT2D eigenvalue weighted by molar-refractivity contribution is -0.125. The van der Waals surface area contributed by atoms with Crippen LogP contribution in [0.2, 0.25) is 0 Å². The highest BCUT2D eigenvalue weighted by Gasteiger charge is 2.42. The van der Waals surface area contributed by atoms with Gasteiger partial charge in [-0.05, 0) is 74.7 Å². The van der Waals surface area contributed by atoms with E-state index in [9.17, 15) is 4.79 Å². The third kappa shape index (κ3) is 4.00. The molecule has 0 unspecified atom stereocenters. The zero-order valence-electron chi connectivity index (χ0n) is 18.9. The molecule has 2 aromatic carbocycles. The van der Waals surface area contributed by atoms with Gasteiger partial charge in [-0.15, -0.1) is 0 Å². The molecule has 6 nitrogen and oxygen atoms in total. The number of benzene rings is 2. The molecule has 0 N–H and O–H groups in total. The number of carbonyl (C=O) groups excluding carboxylic acids is 1. The molecule has 5 rings (SSSR count). The van der Waals surface area contributed by atoms with Crippen molar-refractivity contribution in [2.45, 2.75) is 39.9 Å². The molecule has 0 fully saturated rings. The lowest BCUT2D eigenvalue weighted by atomic mass is 9.92. The van der Waals surface area contributed by atoms with E-state index < -0.39 is 5.60 Å². The van der Waals surface area contributed by atoms with Crippen molar-refractivity contribution in [3.05, 3.63) is 82.7 Å². The van der Waals surface area contributed by atoms with E-state index >= 15 is 0 Å². The number of aryl methyl sites for hydroxylation is 2. The van der Waals surface area contributed by atoms with Crippen LogP contribution < -0.4 is 4.74 Å². The Morgan fingerprint density at radius 1 is 0.970 bits per heavy atom. The molecule has 7 heteroatoms. The minimum absolute atomic E-state index is 0.0536. The number of nitrogens with zero attached hydrogens (tertiary/aromatic N) is 3. The number of pyridine rings is 1. The Kier molecular flexibility index (Phi) is 5.21. The Morgan fingerprint density at radius 3 is 2.45 bits per heavy atom. The first kappa shape index (κ1) is 21.3. The van der Waals surface area contributed by atoms with Crippen molar-refractivity contribution in [2.75, 3.05) is 0 Å². The fraction of sp³-hybridized carbons (Fsp3) is 0.231. The molecule has 0 bridgehead atoms. The van der Waals surface area contributed by atoms with Crippen molar-refractivity contribution < 1.29 is 14.3 Å². The lowest BCUT2D eigenvalue weighted by Crippen LogP contribution is -2.29. The van der Waals surface area contributed by atoms with Crippen LogP contribution in [-0.4, -0.2) is 25.1 Å². The van der Waals surface area contributed by atoms with Crippen molar-refractivity contribution >= 4 is 39.9 Å². The first-order valence-electron chi connectivity index (χ1n) is 10.7. The second-order valence-electron chi connectivity index (χ2n) is 8.70. The smallest absolute Gasteiger partial charge is 0.210 e. The van der Waals surface area contributed by atoms with Crippen LogP contribution in [0.3, 0.4) is 0 Å². The lowest BCUT2D eigenvalue weighted by Gasteiger charge is -2.17. The maximum Gasteiger partial charge on any atom is 0.210 e. The second-order valence-corrected chi connectivity index (χ2v) is 9.23. The molecule has 166 valence electrons. The average molecular weight is 458 g/mol. The van der Waals surface area contributed by atoms with Gasteiger partial charge in [-0.2, -0.15) is 8.75 Å². The fourth-order valence-corrected chi connectivity index (χ4v) is 4.43. The second kappa shape index (κ2) is 8.08. The van der Waals surface area contributed by atoms with E-state index in [-0.39, 0.29) is 5.78 Å². The topological polar surface area (TPSA) is 74.2 Å². The molecule has 0 atom stereocenters. The number of aromatic nitrogens is 3. The van der Waals surface area contributed by atoms with Crippen LogP contribution in [0.5, 0.6) is 5.75 Å². The van der Waals surface area contributed by atoms with Crippen molar-refractivity contribution in [1.29, 1.82) is 0 Å². The van der Waals surface area contributed by atoms with Crippen LogP contribution in [0, 0.1) is 13.8 Å². The number of Topliss-reactive ketones (excluding diaryl/α,β-unsaturated/α-hetero) is 1. The van der Waals surface area contributed by atoms with Crippen LogP contribution in [-0.2, 0) is 16.1 Å². The largest absolute Gasteiger partial charge is 0.487 e. The summed E-state index contributed by atoms with van der Waals surface area (Å²) in [6.45, 7) is 8.02. The molecule has 0 saturated heterocycles. The Morgan fingerprint density at radius 2 is 1.70 bits per heavy atom. The van der Waals surface area contributed by atoms with E-state index in [0.29, 0.717) is 23.7 Å². The number of carbonyl (C=O) groups is 1. The normalized spacial score (nSPS) is 15.2. The molecule has 4 aromatic rings. The number of hydrogen-bond donors (Lipinski definition) is 0. The van der Waals surface area contributed by atoms with Crippen LogP contribution >= 0.6 is 11.7 Å². The number of rotatable bonds is 5. The van der Waals surface area contributed by atoms with Gasteiger partial charge in [0.15, 0.2) is 5.60 Å². The summed E-state index contributed by atoms with van der Waals surface area (Å²) in [6, 6.07) is 15.4. The van der Waals surface area contributed by atoms with Crippen LogP contribution in [0.4, 0.5) is 0 Å². The Balaban J connectivity index is 1.45. The molecule has 1 aliphatic rings. The standard InChI is InChI=1S/C26H23N3O3S/c1-15-11-16(2)22(27-13-15)14-31-19-8-5-17(6-9-19)23-24(32-26(3,4)25(23)30)18-7-10-20-21(12-18)29-33-28-20/h5-13H,14H2,1-4H3. The predicted octanol–water partition coefficient (Wildman–Crippen LogP) is 5.53. The first-order valence-corrected chi connectivity index (χ1v) is 11.4. The molecule has 0 spiro atoms. The predicted molar refractivity (Wildman–Crippen MR) is 129 cm³/mol. The molecule has 2 aromatic heterocycles. The summed E-state index contributed by atoms with van der Waals surface area (Å²) in [6.07, 6.45) is 1.84. The van der Waals surface area contributed by atoms with Crippen molar-refractivity contribution in [2.24, 2.45) is 0 Å². The van der Waals surface area contributed by atoms with E-state index in [4.69, 9.17) is 9.47 Å². The van der Waals surface area contributed by atoms with Gasteiger partial charge >= 0.3 is 0 Å². The fourth-order valence-electron chi connectivity index (χ4n) is 3.91. The molecule has 1 aliphatic heterocycles. The number of hydrogen-bond acceptors (Lipinski definition) is 7. The van der Waals surface area contributed by atoms with Gasteiger partial charge in [0.2, 0.25) is 5.78 Å². The highest BCUT2D eigenvalue weighted by molar-refractivity contribution is 7.00. The molecule has 3 heterocycles. The van der Waals surface area contributed by atoms with Crippen molar-refractivity contribution in [3.8, 4) is 5.75 Å². The summed E-state index contributed by atoms with van der Waals surface area (Å²) >= 11 is 1.17. The summed E-state index contributed by atoms with van der Waals surface area (Å²) in [5.74, 6) is 1.22. The number of ketones is 1. The Bertz CT molecular complexity index is 1400. The van der Waals surface area contributed by atoms with E-state index in [1.807, 2.05) is 62.5 Å². The van der Waals surface area contributed by atoms with E-state index in [1.165, 1.54) is 11.7 Å². The number of ether oxygens (including phenoxy) is 2. The van der Waals surface area contributed by atoms with E-state index in [1.54, 1.807) is 13.8 Å². The van der Waals surface area contributed by atoms with Gasteiger partial charge < -0.3 is 9.47 Å². The molecule has 0 aliphatic carbocycles. The molecular formula is C26H23N3O3S. The average Bonchev–Trinajstić information content (AvgIpc) is 3.35. The Labute approximate surface area is 196 Å². The van der Waals surface area contributed by atoms with Gasteiger partial charge in [-0.3, -0.25) is 9.78 Å². The highest BCUT2D eigenvalue weighted by atomic mass is 32.1. The first-order chi connectivity index (χ1) is 15.8. The third-order valence-electron chi connectivity index (χ3n) is 5.72. The summed E-state index contributed by atoms with van der Waals surface area (Å²) in [4.78, 5) is 17.7. The SMILES string of the molecule is Cc1cnc(COc2ccc(C3=C(c4ccc5nsnc5c4)OC(C)(C)C3=O)cc2)c(C)c1. The van der Waals surface area contributed by atoms with Crippen LogP contribution in [0.1, 0.15) is 41.8 Å². The van der Waals surface area contributed by atoms with Crippen molar-refractivity contribution in [1.82, 2.24) is 13.7 Å². The third-order valence-corrected chi connectivity index (χ3v) is 6.27. The minimum atomic E-state index is -0.941. The molecule has 0 radical (unpaired) electrons. The van der Waals surface area contributed by atoms with Gasteiger partial charge in [0, 0.05) is 11.8 Å². The summed E-state index contributed by atoms with van der Waals surface area (Å²) in [7, 11) is 0. The van der Waals surface area contributed by atoms with E-state index in [0.717, 1.165) is 39.0 Å². The summed E-state index contributed by atoms with van der Waals surface area (Å²) < 4.78 is 20.7. The van der Waals surface area contributed by atoms with Crippen LogP contribution in [0.15, 0.2) is 54.7 Å². The highest BCUT2D eigenvalue weighted by Crippen LogP contribution is 2.42. The molecule has 33 heavy (non-hydrogen) atoms. The maximum absolute atomic E-state index is 13.2. The van der Waals surface area contributed by atoms with Gasteiger partial charge in [-0.1, -0.05) is 18.2 Å². The monoisotopic (exact) mass is 457 g/mol.